The number of nitrogens with zero attached hydrogens (tertiary/aromatic N) is 1. The second-order valence-corrected chi connectivity index (χ2v) is 4.37. The smallest absolute Gasteiger partial charge is 0.343 e. The molecule has 18 heavy (non-hydrogen) atoms. The minimum atomic E-state index is -0.542. The Kier molecular flexibility index (Phi) is 3.59. The molecule has 0 unspecified atom stereocenters. The largest absolute Gasteiger partial charge is 0.465 e. The zero-order valence-electron chi connectivity index (χ0n) is 9.66. The van der Waals surface area contributed by atoms with Crippen LogP contribution in [0.5, 0.6) is 0 Å². The van der Waals surface area contributed by atoms with E-state index in [4.69, 9.17) is 32.5 Å². The standard InChI is InChI=1S/C12H9Cl2NO3/c1-6-9(12(16)17-2)11(15-18-6)10-7(13)4-3-5-8(10)14/h3-5H,1-2H3. The predicted molar refractivity (Wildman–Crippen MR) is 68.0 cm³/mol. The van der Waals surface area contributed by atoms with Gasteiger partial charge in [0, 0.05) is 5.56 Å². The third-order valence-electron chi connectivity index (χ3n) is 2.45. The van der Waals surface area contributed by atoms with E-state index >= 15 is 0 Å². The maximum atomic E-state index is 11.7. The van der Waals surface area contributed by atoms with Crippen LogP contribution >= 0.6 is 23.2 Å². The van der Waals surface area contributed by atoms with Gasteiger partial charge >= 0.3 is 5.97 Å². The van der Waals surface area contributed by atoms with E-state index in [1.54, 1.807) is 25.1 Å². The van der Waals surface area contributed by atoms with Gasteiger partial charge in [-0.15, -0.1) is 0 Å². The van der Waals surface area contributed by atoms with Gasteiger partial charge < -0.3 is 9.26 Å². The molecule has 0 atom stereocenters. The fraction of sp³-hybridized carbons (Fsp3) is 0.167. The van der Waals surface area contributed by atoms with Gasteiger partial charge in [0.2, 0.25) is 0 Å². The molecule has 0 N–H and O–H groups in total. The first-order chi connectivity index (χ1) is 8.56. The van der Waals surface area contributed by atoms with E-state index < -0.39 is 5.97 Å². The van der Waals surface area contributed by atoms with E-state index in [1.807, 2.05) is 0 Å². The first-order valence-electron chi connectivity index (χ1n) is 5.05. The summed E-state index contributed by atoms with van der Waals surface area (Å²) in [7, 11) is 1.28. The molecule has 2 rings (SSSR count). The van der Waals surface area contributed by atoms with Gasteiger partial charge in [-0.2, -0.15) is 0 Å². The highest BCUT2D eigenvalue weighted by atomic mass is 35.5. The van der Waals surface area contributed by atoms with Crippen molar-refractivity contribution in [3.8, 4) is 11.3 Å². The van der Waals surface area contributed by atoms with E-state index in [2.05, 4.69) is 5.16 Å². The number of hydrogen-bond donors (Lipinski definition) is 0. The Morgan fingerprint density at radius 3 is 2.50 bits per heavy atom. The minimum absolute atomic E-state index is 0.229. The highest BCUT2D eigenvalue weighted by Gasteiger charge is 2.25. The Morgan fingerprint density at radius 1 is 1.33 bits per heavy atom. The number of ether oxygens (including phenoxy) is 1. The van der Waals surface area contributed by atoms with E-state index in [0.29, 0.717) is 21.4 Å². The lowest BCUT2D eigenvalue weighted by Gasteiger charge is -2.05. The molecule has 0 saturated heterocycles. The number of carbonyl (C=O) groups excluding carboxylic acids is 1. The molecule has 0 fully saturated rings. The van der Waals surface area contributed by atoms with Crippen LogP contribution in [0.15, 0.2) is 22.7 Å². The van der Waals surface area contributed by atoms with E-state index in [-0.39, 0.29) is 11.3 Å². The molecule has 0 radical (unpaired) electrons. The van der Waals surface area contributed by atoms with Gasteiger partial charge in [-0.25, -0.2) is 4.79 Å². The summed E-state index contributed by atoms with van der Waals surface area (Å²) in [6.07, 6.45) is 0. The van der Waals surface area contributed by atoms with Crippen LogP contribution in [0.25, 0.3) is 11.3 Å². The van der Waals surface area contributed by atoms with Gasteiger partial charge in [0.25, 0.3) is 0 Å². The fourth-order valence-electron chi connectivity index (χ4n) is 1.61. The summed E-state index contributed by atoms with van der Waals surface area (Å²) < 4.78 is 9.71. The monoisotopic (exact) mass is 285 g/mol. The molecule has 0 bridgehead atoms. The summed E-state index contributed by atoms with van der Waals surface area (Å²) in [6.45, 7) is 1.62. The van der Waals surface area contributed by atoms with E-state index in [0.717, 1.165) is 0 Å². The Balaban J connectivity index is 2.69. The topological polar surface area (TPSA) is 52.3 Å². The van der Waals surface area contributed by atoms with Crippen LogP contribution in [0.4, 0.5) is 0 Å². The summed E-state index contributed by atoms with van der Waals surface area (Å²) in [5.74, 6) is -0.187. The van der Waals surface area contributed by atoms with Crippen molar-refractivity contribution in [2.24, 2.45) is 0 Å². The third-order valence-corrected chi connectivity index (χ3v) is 3.08. The Labute approximate surface area is 113 Å². The first-order valence-corrected chi connectivity index (χ1v) is 5.80. The molecule has 1 heterocycles. The highest BCUT2D eigenvalue weighted by molar-refractivity contribution is 6.39. The molecule has 0 saturated carbocycles. The van der Waals surface area contributed by atoms with Gasteiger partial charge in [-0.05, 0) is 19.1 Å². The van der Waals surface area contributed by atoms with Crippen molar-refractivity contribution in [3.63, 3.8) is 0 Å². The highest BCUT2D eigenvalue weighted by Crippen LogP contribution is 2.36. The number of rotatable bonds is 2. The Hall–Kier alpha value is -1.52. The number of carbonyl (C=O) groups is 1. The van der Waals surface area contributed by atoms with E-state index in [9.17, 15) is 4.79 Å². The van der Waals surface area contributed by atoms with Crippen molar-refractivity contribution in [2.75, 3.05) is 7.11 Å². The number of aryl methyl sites for hydroxylation is 1. The van der Waals surface area contributed by atoms with Gasteiger partial charge in [-0.3, -0.25) is 0 Å². The zero-order chi connectivity index (χ0) is 13.3. The van der Waals surface area contributed by atoms with Gasteiger partial charge in [0.1, 0.15) is 17.0 Å². The molecule has 6 heteroatoms. The molecule has 94 valence electrons. The molecular weight excluding hydrogens is 277 g/mol. The van der Waals surface area contributed by atoms with Crippen LogP contribution in [0.2, 0.25) is 10.0 Å². The molecule has 0 aliphatic carbocycles. The van der Waals surface area contributed by atoms with Crippen LogP contribution in [-0.2, 0) is 4.74 Å². The average molecular weight is 286 g/mol. The van der Waals surface area contributed by atoms with Gasteiger partial charge in [0.15, 0.2) is 0 Å². The summed E-state index contributed by atoms with van der Waals surface area (Å²) in [5.41, 5.74) is 0.973. The lowest BCUT2D eigenvalue weighted by atomic mass is 10.1. The Bertz CT molecular complexity index is 587. The van der Waals surface area contributed by atoms with Crippen LogP contribution < -0.4 is 0 Å². The van der Waals surface area contributed by atoms with Crippen molar-refractivity contribution in [3.05, 3.63) is 39.6 Å². The number of aromatic nitrogens is 1. The molecule has 1 aromatic heterocycles. The average Bonchev–Trinajstić information content (AvgIpc) is 2.70. The SMILES string of the molecule is COC(=O)c1c(-c2c(Cl)cccc2Cl)noc1C. The predicted octanol–water partition coefficient (Wildman–Crippen LogP) is 3.74. The first kappa shape index (κ1) is 12.9. The van der Waals surface area contributed by atoms with Gasteiger partial charge in [0.05, 0.1) is 17.2 Å². The van der Waals surface area contributed by atoms with Gasteiger partial charge in [-0.1, -0.05) is 34.4 Å². The van der Waals surface area contributed by atoms with Crippen molar-refractivity contribution in [2.45, 2.75) is 6.92 Å². The number of benzene rings is 1. The van der Waals surface area contributed by atoms with Crippen LogP contribution in [0.1, 0.15) is 16.1 Å². The Morgan fingerprint density at radius 2 is 1.94 bits per heavy atom. The summed E-state index contributed by atoms with van der Waals surface area (Å²) in [4.78, 5) is 11.7. The van der Waals surface area contributed by atoms with Crippen molar-refractivity contribution in [1.29, 1.82) is 0 Å². The zero-order valence-corrected chi connectivity index (χ0v) is 11.2. The molecule has 1 aromatic carbocycles. The van der Waals surface area contributed by atoms with E-state index in [1.165, 1.54) is 7.11 Å². The molecular formula is C12H9Cl2NO3. The van der Waals surface area contributed by atoms with Crippen molar-refractivity contribution >= 4 is 29.2 Å². The van der Waals surface area contributed by atoms with Crippen LogP contribution in [0.3, 0.4) is 0 Å². The van der Waals surface area contributed by atoms with Crippen molar-refractivity contribution < 1.29 is 14.1 Å². The van der Waals surface area contributed by atoms with Crippen LogP contribution in [-0.4, -0.2) is 18.2 Å². The number of hydrogen-bond acceptors (Lipinski definition) is 4. The summed E-state index contributed by atoms with van der Waals surface area (Å²) in [6, 6.07) is 5.03. The third kappa shape index (κ3) is 2.09. The van der Waals surface area contributed by atoms with Crippen LogP contribution in [0, 0.1) is 6.92 Å². The maximum absolute atomic E-state index is 11.7. The summed E-state index contributed by atoms with van der Waals surface area (Å²) >= 11 is 12.1. The number of halogens is 2. The molecule has 0 amide bonds. The summed E-state index contributed by atoms with van der Waals surface area (Å²) in [5, 5.41) is 4.61. The quantitative estimate of drug-likeness (QED) is 0.789. The number of esters is 1. The fourth-order valence-corrected chi connectivity index (χ4v) is 2.19. The molecule has 0 aliphatic rings. The molecule has 0 aliphatic heterocycles. The molecule has 0 spiro atoms. The van der Waals surface area contributed by atoms with Crippen molar-refractivity contribution in [1.82, 2.24) is 5.16 Å². The minimum Gasteiger partial charge on any atom is -0.465 e. The second kappa shape index (κ2) is 5.00. The lowest BCUT2D eigenvalue weighted by molar-refractivity contribution is 0.0599. The maximum Gasteiger partial charge on any atom is 0.343 e. The second-order valence-electron chi connectivity index (χ2n) is 3.55. The lowest BCUT2D eigenvalue weighted by Crippen LogP contribution is -2.03. The molecule has 4 nitrogen and oxygen atoms in total. The normalized spacial score (nSPS) is 10.4. The number of methoxy groups -OCH3 is 1. The molecule has 2 aromatic rings.